The Hall–Kier alpha value is -2.29. The molecule has 0 bridgehead atoms. The number of methoxy groups -OCH3 is 1. The SMILES string of the molecule is COc1ccc(OCC2Cc3ccccc32)c(C=O)c1. The molecule has 0 fully saturated rings. The molecule has 0 aromatic heterocycles. The molecule has 2 aromatic carbocycles. The summed E-state index contributed by atoms with van der Waals surface area (Å²) in [6.45, 7) is 0.601. The molecule has 1 atom stereocenters. The summed E-state index contributed by atoms with van der Waals surface area (Å²) < 4.78 is 10.9. The molecule has 3 rings (SSSR count). The average Bonchev–Trinajstić information content (AvgIpc) is 2.48. The van der Waals surface area contributed by atoms with Gasteiger partial charge in [-0.05, 0) is 35.7 Å². The van der Waals surface area contributed by atoms with Crippen LogP contribution in [0, 0.1) is 0 Å². The first-order valence-electron chi connectivity index (χ1n) is 6.65. The zero-order valence-electron chi connectivity index (χ0n) is 11.3. The van der Waals surface area contributed by atoms with E-state index in [0.29, 0.717) is 29.6 Å². The molecule has 0 spiro atoms. The fraction of sp³-hybridized carbons (Fsp3) is 0.235. The van der Waals surface area contributed by atoms with Crippen LogP contribution in [0.25, 0.3) is 0 Å². The lowest BCUT2D eigenvalue weighted by molar-refractivity contribution is 0.111. The van der Waals surface area contributed by atoms with Crippen molar-refractivity contribution in [2.24, 2.45) is 0 Å². The number of benzene rings is 2. The maximum absolute atomic E-state index is 11.1. The molecule has 0 saturated carbocycles. The van der Waals surface area contributed by atoms with Crippen LogP contribution in [0.4, 0.5) is 0 Å². The van der Waals surface area contributed by atoms with Crippen LogP contribution in [-0.4, -0.2) is 20.0 Å². The Labute approximate surface area is 118 Å². The first-order valence-corrected chi connectivity index (χ1v) is 6.65. The summed E-state index contributed by atoms with van der Waals surface area (Å²) in [5, 5.41) is 0. The molecule has 2 aromatic rings. The Balaban J connectivity index is 1.69. The zero-order chi connectivity index (χ0) is 13.9. The summed E-state index contributed by atoms with van der Waals surface area (Å²) in [4.78, 5) is 11.1. The Morgan fingerprint density at radius 1 is 1.25 bits per heavy atom. The van der Waals surface area contributed by atoms with Gasteiger partial charge in [-0.2, -0.15) is 0 Å². The van der Waals surface area contributed by atoms with E-state index in [2.05, 4.69) is 24.3 Å². The van der Waals surface area contributed by atoms with Crippen LogP contribution in [0.3, 0.4) is 0 Å². The summed E-state index contributed by atoms with van der Waals surface area (Å²) in [6, 6.07) is 13.7. The molecule has 0 N–H and O–H groups in total. The number of hydrogen-bond acceptors (Lipinski definition) is 3. The highest BCUT2D eigenvalue weighted by Gasteiger charge is 2.26. The molecular formula is C17H16O3. The van der Waals surface area contributed by atoms with Gasteiger partial charge < -0.3 is 9.47 Å². The van der Waals surface area contributed by atoms with E-state index in [4.69, 9.17) is 9.47 Å². The maximum Gasteiger partial charge on any atom is 0.153 e. The maximum atomic E-state index is 11.1. The first kappa shape index (κ1) is 12.7. The van der Waals surface area contributed by atoms with E-state index in [1.54, 1.807) is 25.3 Å². The van der Waals surface area contributed by atoms with Gasteiger partial charge in [0, 0.05) is 5.92 Å². The molecular weight excluding hydrogens is 252 g/mol. The summed E-state index contributed by atoms with van der Waals surface area (Å²) >= 11 is 0. The molecule has 0 heterocycles. The molecule has 0 radical (unpaired) electrons. The molecule has 1 aliphatic rings. The predicted octanol–water partition coefficient (Wildman–Crippen LogP) is 3.23. The highest BCUT2D eigenvalue weighted by Crippen LogP contribution is 2.35. The van der Waals surface area contributed by atoms with Crippen molar-refractivity contribution < 1.29 is 14.3 Å². The quantitative estimate of drug-likeness (QED) is 0.781. The van der Waals surface area contributed by atoms with Gasteiger partial charge in [0.2, 0.25) is 0 Å². The van der Waals surface area contributed by atoms with E-state index < -0.39 is 0 Å². The largest absolute Gasteiger partial charge is 0.497 e. The normalized spacial score (nSPS) is 15.9. The lowest BCUT2D eigenvalue weighted by Crippen LogP contribution is -2.23. The number of aldehydes is 1. The van der Waals surface area contributed by atoms with Crippen molar-refractivity contribution in [1.82, 2.24) is 0 Å². The second-order valence-electron chi connectivity index (χ2n) is 4.93. The first-order chi connectivity index (χ1) is 9.81. The minimum absolute atomic E-state index is 0.424. The van der Waals surface area contributed by atoms with Gasteiger partial charge >= 0.3 is 0 Å². The van der Waals surface area contributed by atoms with Crippen molar-refractivity contribution in [3.05, 3.63) is 59.2 Å². The monoisotopic (exact) mass is 268 g/mol. The molecule has 1 aliphatic carbocycles. The van der Waals surface area contributed by atoms with Gasteiger partial charge in [-0.15, -0.1) is 0 Å². The number of fused-ring (bicyclic) bond motifs is 1. The fourth-order valence-corrected chi connectivity index (χ4v) is 2.58. The Morgan fingerprint density at radius 2 is 2.10 bits per heavy atom. The van der Waals surface area contributed by atoms with Gasteiger partial charge in [-0.3, -0.25) is 4.79 Å². The van der Waals surface area contributed by atoms with Gasteiger partial charge in [0.25, 0.3) is 0 Å². The lowest BCUT2D eigenvalue weighted by atomic mass is 9.78. The molecule has 0 amide bonds. The molecule has 0 saturated heterocycles. The van der Waals surface area contributed by atoms with Crippen LogP contribution in [0.5, 0.6) is 11.5 Å². The van der Waals surface area contributed by atoms with Crippen molar-refractivity contribution in [3.63, 3.8) is 0 Å². The van der Waals surface area contributed by atoms with Gasteiger partial charge in [0.05, 0.1) is 19.3 Å². The number of carbonyl (C=O) groups is 1. The second kappa shape index (κ2) is 5.37. The van der Waals surface area contributed by atoms with E-state index in [1.165, 1.54) is 11.1 Å². The third kappa shape index (κ3) is 2.27. The molecule has 3 heteroatoms. The smallest absolute Gasteiger partial charge is 0.153 e. The fourth-order valence-electron chi connectivity index (χ4n) is 2.58. The summed E-state index contributed by atoms with van der Waals surface area (Å²) in [5.74, 6) is 1.70. The molecule has 3 nitrogen and oxygen atoms in total. The van der Waals surface area contributed by atoms with E-state index in [1.807, 2.05) is 0 Å². The topological polar surface area (TPSA) is 35.5 Å². The van der Waals surface area contributed by atoms with Crippen molar-refractivity contribution in [3.8, 4) is 11.5 Å². The van der Waals surface area contributed by atoms with Gasteiger partial charge in [0.15, 0.2) is 6.29 Å². The predicted molar refractivity (Wildman–Crippen MR) is 76.8 cm³/mol. The molecule has 1 unspecified atom stereocenters. The van der Waals surface area contributed by atoms with E-state index >= 15 is 0 Å². The molecule has 0 aliphatic heterocycles. The van der Waals surface area contributed by atoms with Crippen LogP contribution in [0.1, 0.15) is 27.4 Å². The van der Waals surface area contributed by atoms with Crippen LogP contribution >= 0.6 is 0 Å². The van der Waals surface area contributed by atoms with E-state index in [0.717, 1.165) is 12.7 Å². The molecule has 20 heavy (non-hydrogen) atoms. The van der Waals surface area contributed by atoms with Crippen molar-refractivity contribution in [2.45, 2.75) is 12.3 Å². The standard InChI is InChI=1S/C17H16O3/c1-19-15-6-7-17(13(9-15)10-18)20-11-14-8-12-4-2-3-5-16(12)14/h2-7,9-10,14H,8,11H2,1H3. The van der Waals surface area contributed by atoms with E-state index in [-0.39, 0.29) is 0 Å². The van der Waals surface area contributed by atoms with Crippen molar-refractivity contribution in [2.75, 3.05) is 13.7 Å². The number of rotatable bonds is 5. The van der Waals surface area contributed by atoms with Crippen LogP contribution in [0.2, 0.25) is 0 Å². The van der Waals surface area contributed by atoms with Crippen molar-refractivity contribution in [1.29, 1.82) is 0 Å². The molecule has 102 valence electrons. The lowest BCUT2D eigenvalue weighted by Gasteiger charge is -2.30. The summed E-state index contributed by atoms with van der Waals surface area (Å²) in [6.07, 6.45) is 1.84. The van der Waals surface area contributed by atoms with E-state index in [9.17, 15) is 4.79 Å². The summed E-state index contributed by atoms with van der Waals surface area (Å²) in [7, 11) is 1.58. The van der Waals surface area contributed by atoms with Crippen LogP contribution in [-0.2, 0) is 6.42 Å². The second-order valence-corrected chi connectivity index (χ2v) is 4.93. The zero-order valence-corrected chi connectivity index (χ0v) is 11.3. The summed E-state index contributed by atoms with van der Waals surface area (Å²) in [5.41, 5.74) is 3.28. The highest BCUT2D eigenvalue weighted by molar-refractivity contribution is 5.80. The number of ether oxygens (including phenoxy) is 2. The highest BCUT2D eigenvalue weighted by atomic mass is 16.5. The van der Waals surface area contributed by atoms with Crippen molar-refractivity contribution >= 4 is 6.29 Å². The Kier molecular flexibility index (Phi) is 3.42. The van der Waals surface area contributed by atoms with Crippen LogP contribution in [0.15, 0.2) is 42.5 Å². The van der Waals surface area contributed by atoms with Crippen LogP contribution < -0.4 is 9.47 Å². The third-order valence-corrected chi connectivity index (χ3v) is 3.75. The number of carbonyl (C=O) groups excluding carboxylic acids is 1. The minimum Gasteiger partial charge on any atom is -0.497 e. The average molecular weight is 268 g/mol. The third-order valence-electron chi connectivity index (χ3n) is 3.75. The van der Waals surface area contributed by atoms with Gasteiger partial charge in [0.1, 0.15) is 11.5 Å². The Morgan fingerprint density at radius 3 is 2.85 bits per heavy atom. The minimum atomic E-state index is 0.424. The Bertz CT molecular complexity index is 634. The van der Waals surface area contributed by atoms with Gasteiger partial charge in [-0.1, -0.05) is 24.3 Å². The number of hydrogen-bond donors (Lipinski definition) is 0. The van der Waals surface area contributed by atoms with Gasteiger partial charge in [-0.25, -0.2) is 0 Å².